The number of H-pyrrole nitrogens is 1. The minimum atomic E-state index is -0.343. The summed E-state index contributed by atoms with van der Waals surface area (Å²) in [7, 11) is 0. The van der Waals surface area contributed by atoms with Crippen molar-refractivity contribution in [1.82, 2.24) is 19.4 Å². The Hall–Kier alpha value is -3.00. The summed E-state index contributed by atoms with van der Waals surface area (Å²) in [5.74, 6) is 0.164. The zero-order chi connectivity index (χ0) is 17.3. The van der Waals surface area contributed by atoms with Crippen molar-refractivity contribution >= 4 is 29.4 Å². The maximum absolute atomic E-state index is 12.5. The van der Waals surface area contributed by atoms with Crippen LogP contribution in [0.1, 0.15) is 16.8 Å². The van der Waals surface area contributed by atoms with Gasteiger partial charge in [0.25, 0.3) is 11.1 Å². The smallest absolute Gasteiger partial charge is 0.268 e. The van der Waals surface area contributed by atoms with Crippen LogP contribution in [-0.2, 0) is 0 Å². The number of hydrazone groups is 1. The quantitative estimate of drug-likeness (QED) is 0.425. The van der Waals surface area contributed by atoms with E-state index in [1.54, 1.807) is 19.2 Å². The first-order valence-electron chi connectivity index (χ1n) is 6.99. The number of anilines is 1. The van der Waals surface area contributed by atoms with Crippen molar-refractivity contribution < 1.29 is 0 Å². The van der Waals surface area contributed by atoms with E-state index in [4.69, 9.17) is 11.6 Å². The van der Waals surface area contributed by atoms with E-state index in [9.17, 15) is 9.59 Å². The molecule has 3 aromatic rings. The van der Waals surface area contributed by atoms with Crippen LogP contribution in [-0.4, -0.2) is 25.6 Å². The largest absolute Gasteiger partial charge is 0.291 e. The summed E-state index contributed by atoms with van der Waals surface area (Å²) < 4.78 is 1.40. The first-order chi connectivity index (χ1) is 11.4. The van der Waals surface area contributed by atoms with E-state index in [1.807, 2.05) is 13.0 Å². The molecule has 0 unspecified atom stereocenters. The number of pyridine rings is 1. The average Bonchev–Trinajstić information content (AvgIpc) is 2.50. The molecule has 0 radical (unpaired) electrons. The van der Waals surface area contributed by atoms with Crippen LogP contribution < -0.4 is 16.5 Å². The van der Waals surface area contributed by atoms with Gasteiger partial charge in [-0.2, -0.15) is 5.10 Å². The molecular formula is C15H13ClN6O2. The van der Waals surface area contributed by atoms with E-state index in [1.165, 1.54) is 16.7 Å². The fourth-order valence-corrected chi connectivity index (χ4v) is 2.35. The molecule has 0 aliphatic carbocycles. The van der Waals surface area contributed by atoms with Gasteiger partial charge in [0, 0.05) is 18.0 Å². The van der Waals surface area contributed by atoms with E-state index in [2.05, 4.69) is 25.5 Å². The van der Waals surface area contributed by atoms with Gasteiger partial charge in [-0.3, -0.25) is 19.0 Å². The number of rotatable bonds is 3. The van der Waals surface area contributed by atoms with Gasteiger partial charge in [-0.25, -0.2) is 15.4 Å². The molecule has 0 saturated heterocycles. The van der Waals surface area contributed by atoms with Crippen LogP contribution in [0, 0.1) is 13.8 Å². The predicted octanol–water partition coefficient (Wildman–Crippen LogP) is 1.49. The fourth-order valence-electron chi connectivity index (χ4n) is 2.13. The Labute approximate surface area is 140 Å². The lowest BCUT2D eigenvalue weighted by atomic mass is 10.3. The van der Waals surface area contributed by atoms with Crippen LogP contribution in [0.25, 0.3) is 5.65 Å². The van der Waals surface area contributed by atoms with Crippen LogP contribution in [0.3, 0.4) is 0 Å². The lowest BCUT2D eigenvalue weighted by molar-refractivity contribution is 1.02. The molecule has 9 heteroatoms. The van der Waals surface area contributed by atoms with Crippen molar-refractivity contribution in [2.24, 2.45) is 5.10 Å². The number of fused-ring (bicyclic) bond motifs is 1. The van der Waals surface area contributed by atoms with Gasteiger partial charge in [-0.1, -0.05) is 17.7 Å². The lowest BCUT2D eigenvalue weighted by Crippen LogP contribution is -2.20. The monoisotopic (exact) mass is 344 g/mol. The highest BCUT2D eigenvalue weighted by molar-refractivity contribution is 6.32. The summed E-state index contributed by atoms with van der Waals surface area (Å²) in [4.78, 5) is 34.6. The Morgan fingerprint density at radius 2 is 2.08 bits per heavy atom. The van der Waals surface area contributed by atoms with Gasteiger partial charge in [-0.05, 0) is 25.5 Å². The zero-order valence-electron chi connectivity index (χ0n) is 12.9. The summed E-state index contributed by atoms with van der Waals surface area (Å²) in [5, 5.41) is 3.94. The Kier molecular flexibility index (Phi) is 4.13. The Morgan fingerprint density at radius 3 is 2.83 bits per heavy atom. The third kappa shape index (κ3) is 3.18. The number of aryl methyl sites for hydroxylation is 2. The third-order valence-corrected chi connectivity index (χ3v) is 3.48. The van der Waals surface area contributed by atoms with Gasteiger partial charge in [-0.15, -0.1) is 0 Å². The average molecular weight is 345 g/mol. The van der Waals surface area contributed by atoms with E-state index < -0.39 is 0 Å². The molecule has 0 saturated carbocycles. The molecule has 3 aromatic heterocycles. The predicted molar refractivity (Wildman–Crippen MR) is 92.0 cm³/mol. The van der Waals surface area contributed by atoms with Crippen molar-refractivity contribution in [1.29, 1.82) is 0 Å². The molecule has 24 heavy (non-hydrogen) atoms. The molecule has 3 rings (SSSR count). The van der Waals surface area contributed by atoms with Gasteiger partial charge in [0.1, 0.15) is 10.8 Å². The molecule has 0 atom stereocenters. The van der Waals surface area contributed by atoms with Gasteiger partial charge < -0.3 is 0 Å². The molecule has 0 fully saturated rings. The SMILES string of the molecule is Cc1ccc2nc(Cl)c(/C=N\Nc3nc(C)cc(=O)[nH]3)c(=O)n2c1. The first-order valence-corrected chi connectivity index (χ1v) is 7.37. The summed E-state index contributed by atoms with van der Waals surface area (Å²) in [6.45, 7) is 3.55. The van der Waals surface area contributed by atoms with Crippen LogP contribution in [0.4, 0.5) is 5.95 Å². The molecule has 0 spiro atoms. The molecule has 0 bridgehead atoms. The van der Waals surface area contributed by atoms with Gasteiger partial charge in [0.2, 0.25) is 5.95 Å². The maximum atomic E-state index is 12.5. The summed E-state index contributed by atoms with van der Waals surface area (Å²) in [6.07, 6.45) is 2.92. The van der Waals surface area contributed by atoms with E-state index in [-0.39, 0.29) is 27.8 Å². The number of halogens is 1. The fraction of sp³-hybridized carbons (Fsp3) is 0.133. The van der Waals surface area contributed by atoms with Crippen LogP contribution in [0.15, 0.2) is 39.1 Å². The number of aromatic nitrogens is 4. The second kappa shape index (κ2) is 6.25. The van der Waals surface area contributed by atoms with E-state index in [0.717, 1.165) is 5.56 Å². The summed E-state index contributed by atoms with van der Waals surface area (Å²) in [6, 6.07) is 4.91. The molecule has 0 aliphatic rings. The second-order valence-corrected chi connectivity index (χ2v) is 5.52. The molecule has 122 valence electrons. The standard InChI is InChI=1S/C15H13ClN6O2/c1-8-3-4-11-19-13(16)10(14(24)22(11)7-8)6-17-21-15-18-9(2)5-12(23)20-15/h3-7H,1-2H3,(H2,18,20,21,23)/b17-6-. The van der Waals surface area contributed by atoms with E-state index >= 15 is 0 Å². The number of nitrogens with zero attached hydrogens (tertiary/aromatic N) is 4. The second-order valence-electron chi connectivity index (χ2n) is 5.16. The minimum Gasteiger partial charge on any atom is -0.291 e. The topological polar surface area (TPSA) is 105 Å². The van der Waals surface area contributed by atoms with Crippen molar-refractivity contribution in [2.45, 2.75) is 13.8 Å². The molecule has 3 heterocycles. The molecule has 0 aliphatic heterocycles. The number of hydrogen-bond donors (Lipinski definition) is 2. The van der Waals surface area contributed by atoms with Crippen LogP contribution in [0.2, 0.25) is 5.15 Å². The summed E-state index contributed by atoms with van der Waals surface area (Å²) in [5.41, 5.74) is 3.94. The first kappa shape index (κ1) is 15.9. The van der Waals surface area contributed by atoms with E-state index in [0.29, 0.717) is 11.3 Å². The molecule has 0 aromatic carbocycles. The van der Waals surface area contributed by atoms with Gasteiger partial charge in [0.15, 0.2) is 0 Å². The minimum absolute atomic E-state index is 0.0418. The van der Waals surface area contributed by atoms with Crippen molar-refractivity contribution in [3.63, 3.8) is 0 Å². The number of hydrogen-bond acceptors (Lipinski definition) is 6. The Bertz CT molecular complexity index is 1070. The van der Waals surface area contributed by atoms with Crippen LogP contribution in [0.5, 0.6) is 0 Å². The molecule has 0 amide bonds. The Morgan fingerprint density at radius 1 is 1.29 bits per heavy atom. The van der Waals surface area contributed by atoms with Crippen molar-refractivity contribution in [3.05, 3.63) is 67.1 Å². The number of aromatic amines is 1. The maximum Gasteiger partial charge on any atom is 0.268 e. The zero-order valence-corrected chi connectivity index (χ0v) is 13.6. The van der Waals surface area contributed by atoms with Gasteiger partial charge >= 0.3 is 0 Å². The highest BCUT2D eigenvalue weighted by Crippen LogP contribution is 2.10. The normalized spacial score (nSPS) is 11.3. The molecule has 2 N–H and O–H groups in total. The third-order valence-electron chi connectivity index (χ3n) is 3.19. The summed E-state index contributed by atoms with van der Waals surface area (Å²) >= 11 is 6.06. The molecule has 8 nitrogen and oxygen atoms in total. The van der Waals surface area contributed by atoms with Crippen molar-refractivity contribution in [3.8, 4) is 0 Å². The van der Waals surface area contributed by atoms with Gasteiger partial charge in [0.05, 0.1) is 11.8 Å². The lowest BCUT2D eigenvalue weighted by Gasteiger charge is -2.04. The molecular weight excluding hydrogens is 332 g/mol. The van der Waals surface area contributed by atoms with Crippen LogP contribution >= 0.6 is 11.6 Å². The Balaban J connectivity index is 1.97. The highest BCUT2D eigenvalue weighted by Gasteiger charge is 2.09. The van der Waals surface area contributed by atoms with Crippen molar-refractivity contribution in [2.75, 3.05) is 5.43 Å². The number of nitrogens with one attached hydrogen (secondary N) is 2. The highest BCUT2D eigenvalue weighted by atomic mass is 35.5.